The van der Waals surface area contributed by atoms with Gasteiger partial charge in [-0.15, -0.1) is 0 Å². The molecule has 0 unspecified atom stereocenters. The summed E-state index contributed by atoms with van der Waals surface area (Å²) in [5.74, 6) is 0. The van der Waals surface area contributed by atoms with Crippen molar-refractivity contribution in [2.75, 3.05) is 0 Å². The van der Waals surface area contributed by atoms with E-state index in [2.05, 4.69) is 103 Å². The summed E-state index contributed by atoms with van der Waals surface area (Å²) in [4.78, 5) is 0. The molecule has 0 aliphatic heterocycles. The van der Waals surface area contributed by atoms with Crippen LogP contribution in [-0.2, 0) is 0 Å². The summed E-state index contributed by atoms with van der Waals surface area (Å²) in [5.41, 5.74) is 6.03. The van der Waals surface area contributed by atoms with Crippen LogP contribution in [0.15, 0.2) is 84.9 Å². The maximum atomic E-state index is 2.21. The van der Waals surface area contributed by atoms with Crippen molar-refractivity contribution in [2.45, 2.75) is 6.92 Å². The lowest BCUT2D eigenvalue weighted by atomic mass is 10.0. The first kappa shape index (κ1) is 16.7. The fourth-order valence-corrected chi connectivity index (χ4v) is 2.70. The second kappa shape index (κ2) is 8.65. The van der Waals surface area contributed by atoms with Gasteiger partial charge in [-0.25, -0.2) is 0 Å². The molecule has 3 aromatic rings. The van der Waals surface area contributed by atoms with Gasteiger partial charge in [-0.05, 0) is 52.9 Å². The van der Waals surface area contributed by atoms with Crippen molar-refractivity contribution in [3.05, 3.63) is 113 Å². The molecule has 0 heteroatoms. The first-order valence-electron chi connectivity index (χ1n) is 8.57. The number of rotatable bonds is 5. The molecule has 0 heterocycles. The molecule has 122 valence electrons. The Morgan fingerprint density at radius 1 is 0.440 bits per heavy atom. The molecule has 0 aliphatic rings. The number of benzene rings is 3. The van der Waals surface area contributed by atoms with E-state index in [0.29, 0.717) is 0 Å². The van der Waals surface area contributed by atoms with Gasteiger partial charge in [-0.3, -0.25) is 0 Å². The summed E-state index contributed by atoms with van der Waals surface area (Å²) >= 11 is 0. The molecule has 0 N–H and O–H groups in total. The minimum atomic E-state index is 1.20. The highest BCUT2D eigenvalue weighted by Crippen LogP contribution is 2.17. The molecule has 0 amide bonds. The van der Waals surface area contributed by atoms with Crippen LogP contribution < -0.4 is 0 Å². The molecule has 0 nitrogen and oxygen atoms in total. The Morgan fingerprint density at radius 3 is 1.20 bits per heavy atom. The molecule has 0 bridgehead atoms. The van der Waals surface area contributed by atoms with Crippen LogP contribution in [0.1, 0.15) is 34.7 Å². The van der Waals surface area contributed by atoms with Crippen LogP contribution in [0, 0.1) is 0 Å². The van der Waals surface area contributed by atoms with Gasteiger partial charge in [0.1, 0.15) is 0 Å². The third-order valence-corrected chi connectivity index (χ3v) is 3.89. The van der Waals surface area contributed by atoms with Gasteiger partial charge >= 0.3 is 0 Å². The van der Waals surface area contributed by atoms with E-state index < -0.39 is 0 Å². The van der Waals surface area contributed by atoms with Crippen molar-refractivity contribution in [2.24, 2.45) is 0 Å². The molecule has 25 heavy (non-hydrogen) atoms. The topological polar surface area (TPSA) is 0 Å². The largest absolute Gasteiger partial charge is 0.0871 e. The Balaban J connectivity index is 1.89. The highest BCUT2D eigenvalue weighted by Gasteiger charge is 1.96. The van der Waals surface area contributed by atoms with Gasteiger partial charge < -0.3 is 0 Å². The van der Waals surface area contributed by atoms with E-state index in [1.807, 2.05) is 19.1 Å². The number of hydrogen-bond acceptors (Lipinski definition) is 0. The summed E-state index contributed by atoms with van der Waals surface area (Å²) in [5, 5.41) is 0. The van der Waals surface area contributed by atoms with Crippen molar-refractivity contribution >= 4 is 30.4 Å². The highest BCUT2D eigenvalue weighted by atomic mass is 14.0. The van der Waals surface area contributed by atoms with E-state index in [1.54, 1.807) is 0 Å². The van der Waals surface area contributed by atoms with Crippen LogP contribution in [0.2, 0.25) is 0 Å². The van der Waals surface area contributed by atoms with Crippen LogP contribution in [0.4, 0.5) is 0 Å². The number of hydrogen-bond donors (Lipinski definition) is 0. The Labute approximate surface area is 150 Å². The van der Waals surface area contributed by atoms with E-state index >= 15 is 0 Å². The molecule has 3 aromatic carbocycles. The van der Waals surface area contributed by atoms with Crippen LogP contribution in [0.5, 0.6) is 0 Å². The fourth-order valence-electron chi connectivity index (χ4n) is 2.70. The third kappa shape index (κ3) is 5.19. The van der Waals surface area contributed by atoms with Crippen molar-refractivity contribution < 1.29 is 0 Å². The average Bonchev–Trinajstić information content (AvgIpc) is 2.67. The number of allylic oxidation sites excluding steroid dienone is 1. The minimum absolute atomic E-state index is 1.20. The maximum absolute atomic E-state index is 2.21. The summed E-state index contributed by atoms with van der Waals surface area (Å²) < 4.78 is 0. The standard InChI is InChI=1S/C25H22/c1-2-9-23-18-24(16-14-21-10-5-3-6-11-21)20-25(19-23)17-15-22-12-7-4-8-13-22/h2-20H,1H3/b9-2+,16-14+,17-15+. The van der Waals surface area contributed by atoms with Gasteiger partial charge in [0.05, 0.1) is 0 Å². The van der Waals surface area contributed by atoms with Crippen LogP contribution in [-0.4, -0.2) is 0 Å². The Hall–Kier alpha value is -3.12. The monoisotopic (exact) mass is 322 g/mol. The lowest BCUT2D eigenvalue weighted by Gasteiger charge is -2.02. The molecule has 0 aromatic heterocycles. The third-order valence-electron chi connectivity index (χ3n) is 3.89. The van der Waals surface area contributed by atoms with E-state index in [9.17, 15) is 0 Å². The van der Waals surface area contributed by atoms with Gasteiger partial charge in [0.15, 0.2) is 0 Å². The SMILES string of the molecule is C/C=C/c1cc(/C=C/c2ccccc2)cc(/C=C/c2ccccc2)c1. The fraction of sp³-hybridized carbons (Fsp3) is 0.0400. The van der Waals surface area contributed by atoms with Gasteiger partial charge in [0.2, 0.25) is 0 Å². The molecule has 0 aliphatic carbocycles. The predicted octanol–water partition coefficient (Wildman–Crippen LogP) is 7.06. The molecule has 0 atom stereocenters. The van der Waals surface area contributed by atoms with E-state index in [1.165, 1.54) is 27.8 Å². The van der Waals surface area contributed by atoms with Crippen molar-refractivity contribution in [1.82, 2.24) is 0 Å². The van der Waals surface area contributed by atoms with Gasteiger partial charge in [0, 0.05) is 0 Å². The van der Waals surface area contributed by atoms with Gasteiger partial charge in [-0.2, -0.15) is 0 Å². The van der Waals surface area contributed by atoms with E-state index in [0.717, 1.165) is 0 Å². The molecule has 0 fully saturated rings. The zero-order valence-electron chi connectivity index (χ0n) is 14.5. The van der Waals surface area contributed by atoms with Gasteiger partial charge in [-0.1, -0.05) is 97.1 Å². The molecule has 0 radical (unpaired) electrons. The predicted molar refractivity (Wildman–Crippen MR) is 112 cm³/mol. The van der Waals surface area contributed by atoms with E-state index in [4.69, 9.17) is 0 Å². The minimum Gasteiger partial charge on any atom is -0.0871 e. The van der Waals surface area contributed by atoms with Crippen LogP contribution >= 0.6 is 0 Å². The van der Waals surface area contributed by atoms with Crippen molar-refractivity contribution in [1.29, 1.82) is 0 Å². The lowest BCUT2D eigenvalue weighted by molar-refractivity contribution is 1.57. The summed E-state index contributed by atoms with van der Waals surface area (Å²) in [6, 6.07) is 27.4. The normalized spacial score (nSPS) is 11.7. The van der Waals surface area contributed by atoms with Gasteiger partial charge in [0.25, 0.3) is 0 Å². The zero-order valence-corrected chi connectivity index (χ0v) is 14.5. The second-order valence-corrected chi connectivity index (χ2v) is 5.92. The smallest absolute Gasteiger partial charge is 0.0245 e. The van der Waals surface area contributed by atoms with Crippen molar-refractivity contribution in [3.63, 3.8) is 0 Å². The quantitative estimate of drug-likeness (QED) is 0.441. The van der Waals surface area contributed by atoms with Crippen molar-refractivity contribution in [3.8, 4) is 0 Å². The Morgan fingerprint density at radius 2 is 0.800 bits per heavy atom. The van der Waals surface area contributed by atoms with Crippen LogP contribution in [0.3, 0.4) is 0 Å². The molecule has 0 spiro atoms. The maximum Gasteiger partial charge on any atom is -0.0245 e. The molecule has 0 saturated carbocycles. The Kier molecular flexibility index (Phi) is 5.79. The zero-order chi connectivity index (χ0) is 17.3. The average molecular weight is 322 g/mol. The first-order valence-corrected chi connectivity index (χ1v) is 8.57. The summed E-state index contributed by atoms with van der Waals surface area (Å²) in [6.45, 7) is 2.05. The molecular formula is C25H22. The second-order valence-electron chi connectivity index (χ2n) is 5.92. The summed E-state index contributed by atoms with van der Waals surface area (Å²) in [7, 11) is 0. The Bertz CT molecular complexity index is 814. The van der Waals surface area contributed by atoms with Crippen LogP contribution in [0.25, 0.3) is 30.4 Å². The lowest BCUT2D eigenvalue weighted by Crippen LogP contribution is -1.81. The first-order chi connectivity index (χ1) is 12.3. The van der Waals surface area contributed by atoms with E-state index in [-0.39, 0.29) is 0 Å². The molecule has 0 saturated heterocycles. The molecule has 3 rings (SSSR count). The molecular weight excluding hydrogens is 300 g/mol. The summed E-state index contributed by atoms with van der Waals surface area (Å²) in [6.07, 6.45) is 12.9. The highest BCUT2D eigenvalue weighted by molar-refractivity contribution is 5.76.